The lowest BCUT2D eigenvalue weighted by molar-refractivity contribution is -0.132. The molecule has 1 saturated heterocycles. The Morgan fingerprint density at radius 2 is 1.82 bits per heavy atom. The zero-order valence-corrected chi connectivity index (χ0v) is 16.5. The highest BCUT2D eigenvalue weighted by atomic mass is 35.5. The maximum Gasteiger partial charge on any atom is 0.325 e. The molecule has 1 aliphatic carbocycles. The summed E-state index contributed by atoms with van der Waals surface area (Å²) in [5.41, 5.74) is 3.78. The molecular formula is C18H20Cl2N4O4. The quantitative estimate of drug-likeness (QED) is 0.507. The van der Waals surface area contributed by atoms with Gasteiger partial charge in [0.1, 0.15) is 5.54 Å². The number of imide groups is 1. The van der Waals surface area contributed by atoms with Crippen LogP contribution in [-0.4, -0.2) is 40.7 Å². The van der Waals surface area contributed by atoms with Crippen molar-refractivity contribution in [3.05, 3.63) is 33.8 Å². The van der Waals surface area contributed by atoms with E-state index in [0.29, 0.717) is 17.9 Å². The van der Waals surface area contributed by atoms with Crippen molar-refractivity contribution < 1.29 is 19.2 Å². The van der Waals surface area contributed by atoms with Gasteiger partial charge < -0.3 is 5.32 Å². The van der Waals surface area contributed by atoms with Crippen molar-refractivity contribution in [3.63, 3.8) is 0 Å². The fraction of sp³-hybridized carbons (Fsp3) is 0.444. The average Bonchev–Trinajstić information content (AvgIpc) is 2.90. The van der Waals surface area contributed by atoms with Crippen LogP contribution in [0.25, 0.3) is 0 Å². The fourth-order valence-corrected chi connectivity index (χ4v) is 3.89. The van der Waals surface area contributed by atoms with Gasteiger partial charge in [-0.2, -0.15) is 0 Å². The minimum Gasteiger partial charge on any atom is -0.323 e. The van der Waals surface area contributed by atoms with Crippen molar-refractivity contribution in [2.45, 2.75) is 44.1 Å². The van der Waals surface area contributed by atoms with Crippen LogP contribution in [0.5, 0.6) is 0 Å². The number of carbonyl (C=O) groups excluding carboxylic acids is 4. The lowest BCUT2D eigenvalue weighted by atomic mass is 9.82. The number of hydrogen-bond donors (Lipinski definition) is 3. The Morgan fingerprint density at radius 1 is 1.11 bits per heavy atom. The van der Waals surface area contributed by atoms with Crippen LogP contribution in [0.2, 0.25) is 10.0 Å². The highest BCUT2D eigenvalue weighted by Gasteiger charge is 2.51. The molecule has 0 aromatic heterocycles. The third-order valence-electron chi connectivity index (χ3n) is 5.00. The van der Waals surface area contributed by atoms with Gasteiger partial charge in [0, 0.05) is 18.0 Å². The standard InChI is InChI=1S/C18H20Cl2N4O4/c19-11-4-5-13(20)12(10-11)15(26)23-22-14(25)6-9-24-16(27)18(21-17(24)28)7-2-1-3-8-18/h4-5,10H,1-3,6-9H2,(H,21,28)(H,22,25)(H,23,26). The predicted molar refractivity (Wildman–Crippen MR) is 103 cm³/mol. The molecule has 0 radical (unpaired) electrons. The van der Waals surface area contributed by atoms with Gasteiger partial charge in [0.2, 0.25) is 5.91 Å². The lowest BCUT2D eigenvalue weighted by Crippen LogP contribution is -2.48. The van der Waals surface area contributed by atoms with Crippen LogP contribution in [0, 0.1) is 0 Å². The maximum absolute atomic E-state index is 12.6. The highest BCUT2D eigenvalue weighted by Crippen LogP contribution is 2.33. The van der Waals surface area contributed by atoms with Crippen molar-refractivity contribution in [3.8, 4) is 0 Å². The van der Waals surface area contributed by atoms with Gasteiger partial charge in [0.05, 0.1) is 10.6 Å². The van der Waals surface area contributed by atoms with E-state index < -0.39 is 23.4 Å². The van der Waals surface area contributed by atoms with Crippen molar-refractivity contribution in [1.82, 2.24) is 21.1 Å². The van der Waals surface area contributed by atoms with Crippen molar-refractivity contribution in [2.24, 2.45) is 0 Å². The normalized spacial score (nSPS) is 18.1. The SMILES string of the molecule is O=C(CCN1C(=O)NC2(CCCCC2)C1=O)NNC(=O)c1cc(Cl)ccc1Cl. The molecule has 5 amide bonds. The summed E-state index contributed by atoms with van der Waals surface area (Å²) >= 11 is 11.8. The van der Waals surface area contributed by atoms with E-state index >= 15 is 0 Å². The zero-order chi connectivity index (χ0) is 20.3. The summed E-state index contributed by atoms with van der Waals surface area (Å²) < 4.78 is 0. The maximum atomic E-state index is 12.6. The molecule has 0 unspecified atom stereocenters. The summed E-state index contributed by atoms with van der Waals surface area (Å²) in [5.74, 6) is -1.45. The first-order valence-corrected chi connectivity index (χ1v) is 9.76. The molecule has 0 atom stereocenters. The van der Waals surface area contributed by atoms with Gasteiger partial charge in [-0.25, -0.2) is 4.79 Å². The van der Waals surface area contributed by atoms with Crippen molar-refractivity contribution in [2.75, 3.05) is 6.54 Å². The summed E-state index contributed by atoms with van der Waals surface area (Å²) in [7, 11) is 0. The number of nitrogens with zero attached hydrogens (tertiary/aromatic N) is 1. The van der Waals surface area contributed by atoms with Crippen LogP contribution in [0.15, 0.2) is 18.2 Å². The fourth-order valence-electron chi connectivity index (χ4n) is 3.51. The minimum atomic E-state index is -0.816. The second-order valence-electron chi connectivity index (χ2n) is 6.91. The third kappa shape index (κ3) is 4.23. The number of amides is 5. The first kappa shape index (κ1) is 20.4. The van der Waals surface area contributed by atoms with Crippen LogP contribution >= 0.6 is 23.2 Å². The Labute approximate surface area is 171 Å². The average molecular weight is 427 g/mol. The van der Waals surface area contributed by atoms with Crippen LogP contribution in [-0.2, 0) is 9.59 Å². The molecule has 1 aromatic rings. The molecule has 0 bridgehead atoms. The molecule has 1 aromatic carbocycles. The molecule has 28 heavy (non-hydrogen) atoms. The van der Waals surface area contributed by atoms with Gasteiger partial charge in [-0.15, -0.1) is 0 Å². The molecule has 2 fully saturated rings. The molecule has 3 rings (SSSR count). The van der Waals surface area contributed by atoms with Gasteiger partial charge in [0.15, 0.2) is 0 Å². The molecule has 10 heteroatoms. The topological polar surface area (TPSA) is 108 Å². The lowest BCUT2D eigenvalue weighted by Gasteiger charge is -2.30. The van der Waals surface area contributed by atoms with E-state index in [2.05, 4.69) is 16.2 Å². The summed E-state index contributed by atoms with van der Waals surface area (Å²) in [6.07, 6.45) is 3.92. The Kier molecular flexibility index (Phi) is 6.10. The number of urea groups is 1. The highest BCUT2D eigenvalue weighted by molar-refractivity contribution is 6.35. The monoisotopic (exact) mass is 426 g/mol. The second-order valence-corrected chi connectivity index (χ2v) is 7.75. The first-order chi connectivity index (χ1) is 13.3. The molecule has 1 saturated carbocycles. The van der Waals surface area contributed by atoms with Crippen LogP contribution in [0.3, 0.4) is 0 Å². The number of hydrogen-bond acceptors (Lipinski definition) is 4. The molecule has 2 aliphatic rings. The summed E-state index contributed by atoms with van der Waals surface area (Å²) in [4.78, 5) is 50.0. The number of hydrazine groups is 1. The summed E-state index contributed by atoms with van der Waals surface area (Å²) in [6, 6.07) is 3.91. The van der Waals surface area contributed by atoms with Crippen molar-refractivity contribution >= 4 is 47.0 Å². The molecular weight excluding hydrogens is 407 g/mol. The van der Waals surface area contributed by atoms with E-state index in [0.717, 1.165) is 24.2 Å². The Bertz CT molecular complexity index is 824. The van der Waals surface area contributed by atoms with Crippen LogP contribution in [0.4, 0.5) is 4.79 Å². The summed E-state index contributed by atoms with van der Waals surface area (Å²) in [6.45, 7) is -0.0635. The Morgan fingerprint density at radius 3 is 2.54 bits per heavy atom. The van der Waals surface area contributed by atoms with Crippen LogP contribution < -0.4 is 16.2 Å². The number of halogens is 2. The third-order valence-corrected chi connectivity index (χ3v) is 5.57. The predicted octanol–water partition coefficient (Wildman–Crippen LogP) is 2.40. The molecule has 3 N–H and O–H groups in total. The molecule has 1 spiro atoms. The second kappa shape index (κ2) is 8.36. The Balaban J connectivity index is 1.50. The van der Waals surface area contributed by atoms with E-state index in [4.69, 9.17) is 23.2 Å². The van der Waals surface area contributed by atoms with Gasteiger partial charge >= 0.3 is 6.03 Å². The number of carbonyl (C=O) groups is 4. The molecule has 1 aliphatic heterocycles. The van der Waals surface area contributed by atoms with Gasteiger partial charge in [-0.1, -0.05) is 42.5 Å². The van der Waals surface area contributed by atoms with E-state index in [1.807, 2.05) is 0 Å². The molecule has 1 heterocycles. The first-order valence-electron chi connectivity index (χ1n) is 9.01. The Hall–Kier alpha value is -2.32. The van der Waals surface area contributed by atoms with Gasteiger partial charge in [-0.05, 0) is 31.0 Å². The number of nitrogens with one attached hydrogen (secondary N) is 3. The van der Waals surface area contributed by atoms with E-state index in [1.54, 1.807) is 0 Å². The molecule has 150 valence electrons. The summed E-state index contributed by atoms with van der Waals surface area (Å²) in [5, 5.41) is 3.30. The zero-order valence-electron chi connectivity index (χ0n) is 15.0. The van der Waals surface area contributed by atoms with Gasteiger partial charge in [0.25, 0.3) is 11.8 Å². The van der Waals surface area contributed by atoms with Crippen LogP contribution in [0.1, 0.15) is 48.9 Å². The molecule has 8 nitrogen and oxygen atoms in total. The number of rotatable bonds is 4. The van der Waals surface area contributed by atoms with Gasteiger partial charge in [-0.3, -0.25) is 30.1 Å². The van der Waals surface area contributed by atoms with E-state index in [-0.39, 0.29) is 29.5 Å². The minimum absolute atomic E-state index is 0.0635. The largest absolute Gasteiger partial charge is 0.325 e. The van der Waals surface area contributed by atoms with E-state index in [1.165, 1.54) is 18.2 Å². The van der Waals surface area contributed by atoms with Crippen molar-refractivity contribution in [1.29, 1.82) is 0 Å². The number of benzene rings is 1. The van der Waals surface area contributed by atoms with E-state index in [9.17, 15) is 19.2 Å². The smallest absolute Gasteiger partial charge is 0.323 e.